The molecule has 0 saturated carbocycles. The SMILES string of the molecule is C=CCNC(=O)C(C)NCC1CCSCC1. The van der Waals surface area contributed by atoms with Crippen molar-refractivity contribution in [1.29, 1.82) is 0 Å². The van der Waals surface area contributed by atoms with E-state index in [4.69, 9.17) is 0 Å². The van der Waals surface area contributed by atoms with Gasteiger partial charge < -0.3 is 10.6 Å². The number of carbonyl (C=O) groups excluding carboxylic acids is 1. The van der Waals surface area contributed by atoms with Gasteiger partial charge in [0.2, 0.25) is 5.91 Å². The van der Waals surface area contributed by atoms with Gasteiger partial charge in [0.05, 0.1) is 6.04 Å². The zero-order chi connectivity index (χ0) is 11.8. The van der Waals surface area contributed by atoms with Crippen LogP contribution < -0.4 is 10.6 Å². The van der Waals surface area contributed by atoms with Crippen LogP contribution in [-0.2, 0) is 4.79 Å². The summed E-state index contributed by atoms with van der Waals surface area (Å²) in [7, 11) is 0. The average molecular weight is 242 g/mol. The Morgan fingerprint density at radius 2 is 2.25 bits per heavy atom. The third kappa shape index (κ3) is 5.03. The number of hydrogen-bond donors (Lipinski definition) is 2. The fourth-order valence-corrected chi connectivity index (χ4v) is 2.92. The average Bonchev–Trinajstić information content (AvgIpc) is 2.34. The molecule has 1 unspecified atom stereocenters. The second-order valence-corrected chi connectivity index (χ2v) is 5.44. The van der Waals surface area contributed by atoms with Crippen LogP contribution >= 0.6 is 11.8 Å². The first kappa shape index (κ1) is 13.6. The summed E-state index contributed by atoms with van der Waals surface area (Å²) in [5.74, 6) is 3.34. The number of hydrogen-bond acceptors (Lipinski definition) is 3. The summed E-state index contributed by atoms with van der Waals surface area (Å²) >= 11 is 2.03. The van der Waals surface area contributed by atoms with Crippen molar-refractivity contribution < 1.29 is 4.79 Å². The quantitative estimate of drug-likeness (QED) is 0.692. The summed E-state index contributed by atoms with van der Waals surface area (Å²) in [6.07, 6.45) is 4.25. The molecule has 0 bridgehead atoms. The molecule has 1 aliphatic rings. The van der Waals surface area contributed by atoms with E-state index >= 15 is 0 Å². The van der Waals surface area contributed by atoms with Gasteiger partial charge in [-0.05, 0) is 43.7 Å². The standard InChI is InChI=1S/C12H22N2OS/c1-3-6-13-12(15)10(2)14-9-11-4-7-16-8-5-11/h3,10-11,14H,1,4-9H2,2H3,(H,13,15). The minimum Gasteiger partial charge on any atom is -0.351 e. The van der Waals surface area contributed by atoms with E-state index in [-0.39, 0.29) is 11.9 Å². The van der Waals surface area contributed by atoms with Crippen LogP contribution in [0.2, 0.25) is 0 Å². The van der Waals surface area contributed by atoms with E-state index in [0.717, 1.165) is 12.5 Å². The van der Waals surface area contributed by atoms with E-state index in [0.29, 0.717) is 6.54 Å². The Bertz CT molecular complexity index is 227. The highest BCUT2D eigenvalue weighted by Crippen LogP contribution is 2.21. The Morgan fingerprint density at radius 1 is 1.56 bits per heavy atom. The van der Waals surface area contributed by atoms with Gasteiger partial charge in [-0.25, -0.2) is 0 Å². The maximum atomic E-state index is 11.5. The van der Waals surface area contributed by atoms with Crippen LogP contribution in [0.15, 0.2) is 12.7 Å². The van der Waals surface area contributed by atoms with Crippen molar-refractivity contribution in [3.8, 4) is 0 Å². The normalized spacial score (nSPS) is 19.1. The predicted molar refractivity (Wildman–Crippen MR) is 70.7 cm³/mol. The number of amides is 1. The minimum atomic E-state index is -0.102. The molecule has 4 heteroatoms. The molecule has 3 nitrogen and oxygen atoms in total. The molecule has 1 heterocycles. The summed E-state index contributed by atoms with van der Waals surface area (Å²) in [5, 5.41) is 6.10. The fraction of sp³-hybridized carbons (Fsp3) is 0.750. The van der Waals surface area contributed by atoms with E-state index in [1.807, 2.05) is 18.7 Å². The smallest absolute Gasteiger partial charge is 0.237 e. The largest absolute Gasteiger partial charge is 0.351 e. The molecule has 0 aromatic heterocycles. The Balaban J connectivity index is 2.15. The van der Waals surface area contributed by atoms with Crippen molar-refractivity contribution >= 4 is 17.7 Å². The third-order valence-corrected chi connectivity index (χ3v) is 3.92. The van der Waals surface area contributed by atoms with Crippen LogP contribution in [0.1, 0.15) is 19.8 Å². The zero-order valence-electron chi connectivity index (χ0n) is 10.00. The van der Waals surface area contributed by atoms with Crippen molar-refractivity contribution in [2.75, 3.05) is 24.6 Å². The lowest BCUT2D eigenvalue weighted by atomic mass is 10.0. The lowest BCUT2D eigenvalue weighted by molar-refractivity contribution is -0.122. The number of carbonyl (C=O) groups is 1. The fourth-order valence-electron chi connectivity index (χ4n) is 1.71. The summed E-state index contributed by atoms with van der Waals surface area (Å²) in [6, 6.07) is -0.102. The van der Waals surface area contributed by atoms with Crippen LogP contribution in [0.4, 0.5) is 0 Å². The van der Waals surface area contributed by atoms with Crippen molar-refractivity contribution in [2.24, 2.45) is 5.92 Å². The highest BCUT2D eigenvalue weighted by molar-refractivity contribution is 7.99. The van der Waals surface area contributed by atoms with Crippen molar-refractivity contribution in [3.05, 3.63) is 12.7 Å². The van der Waals surface area contributed by atoms with E-state index in [9.17, 15) is 4.79 Å². The minimum absolute atomic E-state index is 0.0603. The maximum Gasteiger partial charge on any atom is 0.237 e. The van der Waals surface area contributed by atoms with Gasteiger partial charge >= 0.3 is 0 Å². The molecule has 2 N–H and O–H groups in total. The molecule has 0 aromatic rings. The van der Waals surface area contributed by atoms with Crippen molar-refractivity contribution in [2.45, 2.75) is 25.8 Å². The van der Waals surface area contributed by atoms with Crippen molar-refractivity contribution in [3.63, 3.8) is 0 Å². The molecule has 16 heavy (non-hydrogen) atoms. The molecule has 1 atom stereocenters. The molecule has 92 valence electrons. The number of nitrogens with one attached hydrogen (secondary N) is 2. The van der Waals surface area contributed by atoms with Crippen molar-refractivity contribution in [1.82, 2.24) is 10.6 Å². The summed E-state index contributed by atoms with van der Waals surface area (Å²) in [6.45, 7) is 6.99. The first-order chi connectivity index (χ1) is 7.74. The van der Waals surface area contributed by atoms with Gasteiger partial charge in [-0.3, -0.25) is 4.79 Å². The molecule has 1 rings (SSSR count). The number of rotatable bonds is 6. The van der Waals surface area contributed by atoms with Crippen LogP contribution in [0, 0.1) is 5.92 Å². The third-order valence-electron chi connectivity index (χ3n) is 2.87. The first-order valence-electron chi connectivity index (χ1n) is 5.93. The van der Waals surface area contributed by atoms with Gasteiger partial charge in [-0.2, -0.15) is 11.8 Å². The molecule has 1 amide bonds. The van der Waals surface area contributed by atoms with E-state index in [1.54, 1.807) is 6.08 Å². The first-order valence-corrected chi connectivity index (χ1v) is 7.09. The molecule has 0 spiro atoms. The molecule has 1 fully saturated rings. The van der Waals surface area contributed by atoms with E-state index < -0.39 is 0 Å². The zero-order valence-corrected chi connectivity index (χ0v) is 10.8. The van der Waals surface area contributed by atoms with E-state index in [1.165, 1.54) is 24.3 Å². The van der Waals surface area contributed by atoms with Gasteiger partial charge in [0, 0.05) is 6.54 Å². The Kier molecular flexibility index (Phi) is 6.57. The lowest BCUT2D eigenvalue weighted by Gasteiger charge is -2.23. The lowest BCUT2D eigenvalue weighted by Crippen LogP contribution is -2.44. The molecular formula is C12H22N2OS. The summed E-state index contributed by atoms with van der Waals surface area (Å²) in [5.41, 5.74) is 0. The number of thioether (sulfide) groups is 1. The predicted octanol–water partition coefficient (Wildman–Crippen LogP) is 1.41. The molecule has 0 aliphatic carbocycles. The second-order valence-electron chi connectivity index (χ2n) is 4.22. The Hall–Kier alpha value is -0.480. The van der Waals surface area contributed by atoms with Crippen LogP contribution in [-0.4, -0.2) is 36.5 Å². The van der Waals surface area contributed by atoms with Gasteiger partial charge in [-0.1, -0.05) is 6.08 Å². The highest BCUT2D eigenvalue weighted by Gasteiger charge is 2.16. The molecular weight excluding hydrogens is 220 g/mol. The molecule has 1 aliphatic heterocycles. The van der Waals surface area contributed by atoms with Gasteiger partial charge in [0.1, 0.15) is 0 Å². The Morgan fingerprint density at radius 3 is 2.88 bits per heavy atom. The second kappa shape index (κ2) is 7.74. The summed E-state index contributed by atoms with van der Waals surface area (Å²) in [4.78, 5) is 11.5. The van der Waals surface area contributed by atoms with Gasteiger partial charge in [-0.15, -0.1) is 6.58 Å². The topological polar surface area (TPSA) is 41.1 Å². The van der Waals surface area contributed by atoms with E-state index in [2.05, 4.69) is 17.2 Å². The van der Waals surface area contributed by atoms with Gasteiger partial charge in [0.15, 0.2) is 0 Å². The molecule has 0 radical (unpaired) electrons. The summed E-state index contributed by atoms with van der Waals surface area (Å²) < 4.78 is 0. The van der Waals surface area contributed by atoms with Crippen LogP contribution in [0.3, 0.4) is 0 Å². The molecule has 1 saturated heterocycles. The molecule has 0 aromatic carbocycles. The highest BCUT2D eigenvalue weighted by atomic mass is 32.2. The maximum absolute atomic E-state index is 11.5. The van der Waals surface area contributed by atoms with Crippen LogP contribution in [0.5, 0.6) is 0 Å². The monoisotopic (exact) mass is 242 g/mol. The van der Waals surface area contributed by atoms with Gasteiger partial charge in [0.25, 0.3) is 0 Å². The Labute approximate surface area is 102 Å². The van der Waals surface area contributed by atoms with Crippen LogP contribution in [0.25, 0.3) is 0 Å².